The van der Waals surface area contributed by atoms with Crippen LogP contribution in [0, 0.1) is 0 Å². The van der Waals surface area contributed by atoms with E-state index in [4.69, 9.17) is 0 Å². The first-order chi connectivity index (χ1) is 13.0. The van der Waals surface area contributed by atoms with E-state index in [1.165, 1.54) is 5.56 Å². The number of piperidine rings is 1. The highest BCUT2D eigenvalue weighted by molar-refractivity contribution is 7.99. The predicted octanol–water partition coefficient (Wildman–Crippen LogP) is 3.95. The second kappa shape index (κ2) is 8.61. The number of hydrogen-bond donors (Lipinski definition) is 1. The third kappa shape index (κ3) is 4.35. The summed E-state index contributed by atoms with van der Waals surface area (Å²) in [5, 5.41) is 9.74. The van der Waals surface area contributed by atoms with Crippen LogP contribution in [-0.2, 0) is 20.8 Å². The van der Waals surface area contributed by atoms with E-state index in [0.29, 0.717) is 25.9 Å². The number of nitrogens with zero attached hydrogens (tertiary/aromatic N) is 1. The van der Waals surface area contributed by atoms with Crippen LogP contribution in [-0.4, -0.2) is 40.2 Å². The molecule has 0 bridgehead atoms. The Bertz CT molecular complexity index is 771. The van der Waals surface area contributed by atoms with Crippen LogP contribution in [0.25, 0.3) is 0 Å². The number of carbonyl (C=O) groups is 2. The van der Waals surface area contributed by atoms with Crippen molar-refractivity contribution >= 4 is 23.6 Å². The van der Waals surface area contributed by atoms with Gasteiger partial charge in [0.1, 0.15) is 0 Å². The number of carbonyl (C=O) groups excluding carboxylic acids is 1. The molecule has 1 unspecified atom stereocenters. The van der Waals surface area contributed by atoms with Gasteiger partial charge in [-0.15, -0.1) is 11.8 Å². The van der Waals surface area contributed by atoms with Gasteiger partial charge in [0.15, 0.2) is 0 Å². The first-order valence-electron chi connectivity index (χ1n) is 9.26. The SMILES string of the molecule is CC(SCc1ccccc1)C(=O)N1CCC(C(=O)O)(c2ccccc2)CC1. The highest BCUT2D eigenvalue weighted by Crippen LogP contribution is 2.36. The van der Waals surface area contributed by atoms with Crippen LogP contribution in [0.5, 0.6) is 0 Å². The molecule has 142 valence electrons. The summed E-state index contributed by atoms with van der Waals surface area (Å²) >= 11 is 1.63. The van der Waals surface area contributed by atoms with Gasteiger partial charge in [-0.25, -0.2) is 0 Å². The van der Waals surface area contributed by atoms with Gasteiger partial charge in [0.2, 0.25) is 5.91 Å². The lowest BCUT2D eigenvalue weighted by atomic mass is 9.73. The number of carboxylic acid groups (broad SMARTS) is 1. The number of aliphatic carboxylic acids is 1. The van der Waals surface area contributed by atoms with Crippen molar-refractivity contribution in [1.29, 1.82) is 0 Å². The zero-order valence-corrected chi connectivity index (χ0v) is 16.3. The second-order valence-corrected chi connectivity index (χ2v) is 8.35. The molecule has 1 fully saturated rings. The Morgan fingerprint density at radius 3 is 2.15 bits per heavy atom. The summed E-state index contributed by atoms with van der Waals surface area (Å²) < 4.78 is 0. The molecule has 1 heterocycles. The van der Waals surface area contributed by atoms with E-state index in [9.17, 15) is 14.7 Å². The number of hydrogen-bond acceptors (Lipinski definition) is 3. The van der Waals surface area contributed by atoms with Crippen molar-refractivity contribution in [2.24, 2.45) is 0 Å². The molecule has 2 aromatic carbocycles. The van der Waals surface area contributed by atoms with Gasteiger partial charge in [-0.2, -0.15) is 0 Å². The van der Waals surface area contributed by atoms with Gasteiger partial charge in [-0.3, -0.25) is 9.59 Å². The maximum Gasteiger partial charge on any atom is 0.314 e. The summed E-state index contributed by atoms with van der Waals surface area (Å²) in [6.45, 7) is 2.90. The molecule has 1 aliphatic heterocycles. The first kappa shape index (κ1) is 19.5. The Balaban J connectivity index is 1.60. The molecule has 1 amide bonds. The minimum Gasteiger partial charge on any atom is -0.481 e. The minimum atomic E-state index is -0.890. The van der Waals surface area contributed by atoms with Crippen LogP contribution in [0.3, 0.4) is 0 Å². The fourth-order valence-electron chi connectivity index (χ4n) is 3.62. The average molecular weight is 384 g/mol. The highest BCUT2D eigenvalue weighted by atomic mass is 32.2. The van der Waals surface area contributed by atoms with Crippen LogP contribution < -0.4 is 0 Å². The van der Waals surface area contributed by atoms with Gasteiger partial charge >= 0.3 is 5.97 Å². The molecular formula is C22H25NO3S. The van der Waals surface area contributed by atoms with Gasteiger partial charge in [0, 0.05) is 18.8 Å². The van der Waals surface area contributed by atoms with Crippen LogP contribution >= 0.6 is 11.8 Å². The predicted molar refractivity (Wildman–Crippen MR) is 109 cm³/mol. The number of carboxylic acids is 1. The van der Waals surface area contributed by atoms with E-state index in [2.05, 4.69) is 12.1 Å². The summed E-state index contributed by atoms with van der Waals surface area (Å²) in [5.41, 5.74) is 1.14. The molecule has 0 radical (unpaired) electrons. The van der Waals surface area contributed by atoms with Gasteiger partial charge in [0.25, 0.3) is 0 Å². The van der Waals surface area contributed by atoms with Gasteiger partial charge in [-0.1, -0.05) is 60.7 Å². The fraction of sp³-hybridized carbons (Fsp3) is 0.364. The Morgan fingerprint density at radius 1 is 1.04 bits per heavy atom. The lowest BCUT2D eigenvalue weighted by molar-refractivity contribution is -0.148. The monoisotopic (exact) mass is 383 g/mol. The topological polar surface area (TPSA) is 57.6 Å². The van der Waals surface area contributed by atoms with Gasteiger partial charge < -0.3 is 10.0 Å². The maximum absolute atomic E-state index is 12.8. The van der Waals surface area contributed by atoms with E-state index < -0.39 is 11.4 Å². The Morgan fingerprint density at radius 2 is 1.59 bits per heavy atom. The minimum absolute atomic E-state index is 0.1000. The average Bonchev–Trinajstić information content (AvgIpc) is 2.72. The quantitative estimate of drug-likeness (QED) is 0.820. The molecule has 0 spiro atoms. The third-order valence-electron chi connectivity index (χ3n) is 5.36. The van der Waals surface area contributed by atoms with Crippen LogP contribution in [0.4, 0.5) is 0 Å². The van der Waals surface area contributed by atoms with Crippen molar-refractivity contribution < 1.29 is 14.7 Å². The molecule has 0 aromatic heterocycles. The van der Waals surface area contributed by atoms with Crippen molar-refractivity contribution in [3.63, 3.8) is 0 Å². The lowest BCUT2D eigenvalue weighted by Crippen LogP contribution is -2.50. The van der Waals surface area contributed by atoms with Gasteiger partial charge in [0.05, 0.1) is 10.7 Å². The molecule has 1 N–H and O–H groups in total. The van der Waals surface area contributed by atoms with E-state index in [-0.39, 0.29) is 11.2 Å². The molecule has 1 atom stereocenters. The number of likely N-dealkylation sites (tertiary alicyclic amines) is 1. The standard InChI is InChI=1S/C22H25NO3S/c1-17(27-16-18-8-4-2-5-9-18)20(24)23-14-12-22(13-15-23,21(25)26)19-10-6-3-7-11-19/h2-11,17H,12-16H2,1H3,(H,25,26). The summed E-state index contributed by atoms with van der Waals surface area (Å²) in [6, 6.07) is 19.5. The van der Waals surface area contributed by atoms with Crippen LogP contribution in [0.2, 0.25) is 0 Å². The van der Waals surface area contributed by atoms with E-state index in [1.54, 1.807) is 11.8 Å². The number of amides is 1. The zero-order chi connectivity index (χ0) is 19.3. The lowest BCUT2D eigenvalue weighted by Gasteiger charge is -2.40. The molecule has 27 heavy (non-hydrogen) atoms. The van der Waals surface area contributed by atoms with Crippen molar-refractivity contribution in [2.45, 2.75) is 36.2 Å². The van der Waals surface area contributed by atoms with Crippen molar-refractivity contribution in [3.8, 4) is 0 Å². The number of thioether (sulfide) groups is 1. The number of benzene rings is 2. The van der Waals surface area contributed by atoms with E-state index in [0.717, 1.165) is 11.3 Å². The molecule has 0 aliphatic carbocycles. The summed E-state index contributed by atoms with van der Waals surface area (Å²) in [6.07, 6.45) is 0.905. The Labute approximate surface area is 164 Å². The summed E-state index contributed by atoms with van der Waals surface area (Å²) in [5.74, 6) is 0.0975. The summed E-state index contributed by atoms with van der Waals surface area (Å²) in [7, 11) is 0. The molecular weight excluding hydrogens is 358 g/mol. The largest absolute Gasteiger partial charge is 0.481 e. The van der Waals surface area contributed by atoms with E-state index >= 15 is 0 Å². The molecule has 3 rings (SSSR count). The first-order valence-corrected chi connectivity index (χ1v) is 10.3. The van der Waals surface area contributed by atoms with Crippen LogP contribution in [0.15, 0.2) is 60.7 Å². The normalized spacial score (nSPS) is 17.3. The van der Waals surface area contributed by atoms with Crippen molar-refractivity contribution in [3.05, 3.63) is 71.8 Å². The molecule has 5 heteroatoms. The molecule has 1 aliphatic rings. The Kier molecular flexibility index (Phi) is 6.22. The second-order valence-electron chi connectivity index (χ2n) is 7.02. The van der Waals surface area contributed by atoms with Crippen molar-refractivity contribution in [2.75, 3.05) is 13.1 Å². The third-order valence-corrected chi connectivity index (χ3v) is 6.56. The smallest absolute Gasteiger partial charge is 0.314 e. The molecule has 0 saturated carbocycles. The highest BCUT2D eigenvalue weighted by Gasteiger charge is 2.44. The van der Waals surface area contributed by atoms with Crippen molar-refractivity contribution in [1.82, 2.24) is 4.90 Å². The van der Waals surface area contributed by atoms with Crippen LogP contribution in [0.1, 0.15) is 30.9 Å². The zero-order valence-electron chi connectivity index (χ0n) is 15.5. The maximum atomic E-state index is 12.8. The Hall–Kier alpha value is -2.27. The number of rotatable bonds is 6. The molecule has 2 aromatic rings. The summed E-state index contributed by atoms with van der Waals surface area (Å²) in [4.78, 5) is 26.7. The molecule has 1 saturated heterocycles. The van der Waals surface area contributed by atoms with Gasteiger partial charge in [-0.05, 0) is 30.9 Å². The molecule has 4 nitrogen and oxygen atoms in total. The van der Waals surface area contributed by atoms with E-state index in [1.807, 2.05) is 60.4 Å². The fourth-order valence-corrected chi connectivity index (χ4v) is 4.54.